The number of benzene rings is 3. The Morgan fingerprint density at radius 2 is 1.61 bits per heavy atom. The predicted molar refractivity (Wildman–Crippen MR) is 178 cm³/mol. The van der Waals surface area contributed by atoms with E-state index in [9.17, 15) is 4.79 Å². The van der Waals surface area contributed by atoms with E-state index in [1.165, 1.54) is 56.8 Å². The number of likely N-dealkylation sites (N-methyl/N-ethyl adjacent to an activating group) is 1. The zero-order chi connectivity index (χ0) is 30.7. The van der Waals surface area contributed by atoms with Crippen LogP contribution in [0.4, 0.5) is 5.69 Å². The van der Waals surface area contributed by atoms with Gasteiger partial charge in [0.2, 0.25) is 0 Å². The number of anilines is 1. The molecule has 3 N–H and O–H groups in total. The van der Waals surface area contributed by atoms with E-state index in [2.05, 4.69) is 51.3 Å². The third-order valence-corrected chi connectivity index (χ3v) is 8.82. The van der Waals surface area contributed by atoms with Crippen LogP contribution in [0.1, 0.15) is 40.7 Å². The summed E-state index contributed by atoms with van der Waals surface area (Å²) < 4.78 is 11.9. The molecule has 236 valence electrons. The minimum absolute atomic E-state index is 0.0460. The van der Waals surface area contributed by atoms with Crippen molar-refractivity contribution < 1.29 is 14.3 Å². The van der Waals surface area contributed by atoms with Gasteiger partial charge < -0.3 is 35.2 Å². The molecule has 2 saturated heterocycles. The molecule has 0 bridgehead atoms. The van der Waals surface area contributed by atoms with Crippen LogP contribution in [0.3, 0.4) is 0 Å². The highest BCUT2D eigenvalue weighted by Gasteiger charge is 2.23. The van der Waals surface area contributed by atoms with E-state index >= 15 is 0 Å². The number of hydrogen-bond acceptors (Lipinski definition) is 7. The van der Waals surface area contributed by atoms with Crippen molar-refractivity contribution in [3.63, 3.8) is 0 Å². The number of piperazine rings is 1. The van der Waals surface area contributed by atoms with Gasteiger partial charge in [0.15, 0.2) is 0 Å². The molecule has 3 aromatic rings. The maximum Gasteiger partial charge on any atom is 0.251 e. The van der Waals surface area contributed by atoms with Gasteiger partial charge in [-0.2, -0.15) is 0 Å². The number of hydrogen-bond donors (Lipinski definition) is 2. The van der Waals surface area contributed by atoms with Crippen molar-refractivity contribution in [2.75, 3.05) is 77.5 Å². The normalized spacial score (nSPS) is 16.6. The predicted octanol–water partition coefficient (Wildman–Crippen LogP) is 4.95. The number of aryl methyl sites for hydroxylation is 1. The highest BCUT2D eigenvalue weighted by Crippen LogP contribution is 2.28. The molecule has 0 aromatic heterocycles. The van der Waals surface area contributed by atoms with Crippen LogP contribution in [0.5, 0.6) is 17.2 Å². The Bertz CT molecular complexity index is 1310. The molecule has 0 aliphatic carbocycles. The summed E-state index contributed by atoms with van der Waals surface area (Å²) in [6.07, 6.45) is 4.05. The summed E-state index contributed by atoms with van der Waals surface area (Å²) in [5.41, 5.74) is 9.86. The lowest BCUT2D eigenvalue weighted by Gasteiger charge is -2.38. The van der Waals surface area contributed by atoms with Gasteiger partial charge in [0, 0.05) is 63.6 Å². The first-order valence-electron chi connectivity index (χ1n) is 16.2. The van der Waals surface area contributed by atoms with E-state index < -0.39 is 0 Å². The van der Waals surface area contributed by atoms with Crippen molar-refractivity contribution in [2.45, 2.75) is 32.6 Å². The van der Waals surface area contributed by atoms with Gasteiger partial charge in [-0.15, -0.1) is 0 Å². The highest BCUT2D eigenvalue weighted by atomic mass is 16.5. The summed E-state index contributed by atoms with van der Waals surface area (Å²) in [7, 11) is 2.21. The van der Waals surface area contributed by atoms with E-state index in [0.29, 0.717) is 25.3 Å². The van der Waals surface area contributed by atoms with E-state index in [1.54, 1.807) is 0 Å². The first-order chi connectivity index (χ1) is 21.5. The first-order valence-corrected chi connectivity index (χ1v) is 16.2. The maximum absolute atomic E-state index is 12.7. The van der Waals surface area contributed by atoms with Crippen molar-refractivity contribution in [3.8, 4) is 17.2 Å². The van der Waals surface area contributed by atoms with Crippen molar-refractivity contribution in [1.29, 1.82) is 0 Å². The van der Waals surface area contributed by atoms with Gasteiger partial charge in [0.1, 0.15) is 17.2 Å². The average molecular weight is 600 g/mol. The molecule has 2 aliphatic rings. The molecule has 2 heterocycles. The second-order valence-electron chi connectivity index (χ2n) is 12.3. The molecular formula is C36H49N5O3. The third kappa shape index (κ3) is 9.21. The number of nitrogens with one attached hydrogen (secondary N) is 1. The Kier molecular flexibility index (Phi) is 11.5. The van der Waals surface area contributed by atoms with Gasteiger partial charge in [-0.05, 0) is 118 Å². The molecule has 2 fully saturated rings. The lowest BCUT2D eigenvalue weighted by molar-refractivity contribution is 0.0951. The zero-order valence-electron chi connectivity index (χ0n) is 26.5. The van der Waals surface area contributed by atoms with Gasteiger partial charge in [-0.3, -0.25) is 4.79 Å². The molecule has 0 radical (unpaired) electrons. The van der Waals surface area contributed by atoms with Gasteiger partial charge in [0.05, 0.1) is 6.61 Å². The average Bonchev–Trinajstić information content (AvgIpc) is 3.04. The molecule has 0 saturated carbocycles. The summed E-state index contributed by atoms with van der Waals surface area (Å²) in [6.45, 7) is 11.9. The van der Waals surface area contributed by atoms with Crippen LogP contribution in [0.2, 0.25) is 0 Å². The van der Waals surface area contributed by atoms with E-state index in [-0.39, 0.29) is 5.91 Å². The van der Waals surface area contributed by atoms with Crippen LogP contribution in [-0.4, -0.2) is 88.3 Å². The highest BCUT2D eigenvalue weighted by molar-refractivity contribution is 5.94. The second kappa shape index (κ2) is 15.9. The zero-order valence-corrected chi connectivity index (χ0v) is 26.5. The van der Waals surface area contributed by atoms with Crippen LogP contribution in [-0.2, 0) is 6.42 Å². The number of amides is 1. The molecule has 0 spiro atoms. The van der Waals surface area contributed by atoms with E-state index in [4.69, 9.17) is 15.2 Å². The van der Waals surface area contributed by atoms with Crippen LogP contribution in [0.15, 0.2) is 66.7 Å². The molecule has 8 heteroatoms. The smallest absolute Gasteiger partial charge is 0.251 e. The molecule has 8 nitrogen and oxygen atoms in total. The van der Waals surface area contributed by atoms with E-state index in [1.807, 2.05) is 49.4 Å². The summed E-state index contributed by atoms with van der Waals surface area (Å²) in [6, 6.07) is 21.9. The second-order valence-corrected chi connectivity index (χ2v) is 12.3. The minimum atomic E-state index is -0.0460. The molecule has 44 heavy (non-hydrogen) atoms. The lowest BCUT2D eigenvalue weighted by atomic mass is 9.95. The Morgan fingerprint density at radius 3 is 2.30 bits per heavy atom. The summed E-state index contributed by atoms with van der Waals surface area (Å²) in [5.74, 6) is 3.11. The SMILES string of the molecule is Cc1cc(CCN)ccc1Oc1ccc(OCCCNC(=O)c2ccc(N3CCC(CN4CCN(C)CC4)CC3)cc2)cc1. The molecule has 0 unspecified atom stereocenters. The Hall–Kier alpha value is -3.59. The molecule has 5 rings (SSSR count). The maximum atomic E-state index is 12.7. The number of ether oxygens (including phenoxy) is 2. The molecule has 3 aromatic carbocycles. The van der Waals surface area contributed by atoms with Crippen LogP contribution >= 0.6 is 0 Å². The van der Waals surface area contributed by atoms with Crippen molar-refractivity contribution >= 4 is 11.6 Å². The Balaban J connectivity index is 0.970. The number of rotatable bonds is 13. The fourth-order valence-corrected chi connectivity index (χ4v) is 6.04. The molecular weight excluding hydrogens is 550 g/mol. The number of nitrogens with two attached hydrogens (primary N) is 1. The lowest BCUT2D eigenvalue weighted by Crippen LogP contribution is -2.47. The fraction of sp³-hybridized carbons (Fsp3) is 0.472. The van der Waals surface area contributed by atoms with Gasteiger partial charge in [0.25, 0.3) is 5.91 Å². The molecule has 1 amide bonds. The topological polar surface area (TPSA) is 83.3 Å². The summed E-state index contributed by atoms with van der Waals surface area (Å²) in [5, 5.41) is 3.02. The van der Waals surface area contributed by atoms with Crippen molar-refractivity contribution in [2.24, 2.45) is 11.7 Å². The monoisotopic (exact) mass is 599 g/mol. The largest absolute Gasteiger partial charge is 0.494 e. The van der Waals surface area contributed by atoms with Crippen molar-refractivity contribution in [1.82, 2.24) is 15.1 Å². The van der Waals surface area contributed by atoms with Crippen molar-refractivity contribution in [3.05, 3.63) is 83.4 Å². The first kappa shape index (κ1) is 31.8. The number of nitrogens with zero attached hydrogens (tertiary/aromatic N) is 3. The number of piperidine rings is 1. The van der Waals surface area contributed by atoms with Gasteiger partial charge >= 0.3 is 0 Å². The fourth-order valence-electron chi connectivity index (χ4n) is 6.04. The third-order valence-electron chi connectivity index (χ3n) is 8.82. The Morgan fingerprint density at radius 1 is 0.909 bits per heavy atom. The summed E-state index contributed by atoms with van der Waals surface area (Å²) >= 11 is 0. The quantitative estimate of drug-likeness (QED) is 0.269. The van der Waals surface area contributed by atoms with Gasteiger partial charge in [-0.25, -0.2) is 0 Å². The Labute approximate surface area is 263 Å². The molecule has 2 aliphatic heterocycles. The van der Waals surface area contributed by atoms with Crippen LogP contribution in [0.25, 0.3) is 0 Å². The van der Waals surface area contributed by atoms with E-state index in [0.717, 1.165) is 54.7 Å². The number of carbonyl (C=O) groups is 1. The number of carbonyl (C=O) groups excluding carboxylic acids is 1. The standard InChI is InChI=1S/C36H49N5O3/c1-28-26-29(14-17-37)4-13-35(28)44-34-11-9-33(10-12-34)43-25-3-18-38-36(42)31-5-7-32(8-6-31)41-19-15-30(16-20-41)27-40-23-21-39(2)22-24-40/h4-13,26,30H,3,14-25,27,37H2,1-2H3,(H,38,42). The van der Waals surface area contributed by atoms with Crippen LogP contribution in [0, 0.1) is 12.8 Å². The minimum Gasteiger partial charge on any atom is -0.494 e. The molecule has 0 atom stereocenters. The van der Waals surface area contributed by atoms with Crippen LogP contribution < -0.4 is 25.4 Å². The van der Waals surface area contributed by atoms with Gasteiger partial charge in [-0.1, -0.05) is 12.1 Å². The summed E-state index contributed by atoms with van der Waals surface area (Å²) in [4.78, 5) is 20.2.